The molecule has 2 aliphatic heterocycles. The lowest BCUT2D eigenvalue weighted by Gasteiger charge is -2.21. The first-order valence-corrected chi connectivity index (χ1v) is 16.9. The molecule has 2 fully saturated rings. The Morgan fingerprint density at radius 1 is 0.645 bits per heavy atom. The molecule has 0 unspecified atom stereocenters. The molecule has 0 radical (unpaired) electrons. The second kappa shape index (κ2) is 28.4. The maximum atomic E-state index is 5.10. The lowest BCUT2D eigenvalue weighted by atomic mass is 10.1. The van der Waals surface area contributed by atoms with Gasteiger partial charge in [-0.1, -0.05) is 54.1 Å². The van der Waals surface area contributed by atoms with Gasteiger partial charge < -0.3 is 23.6 Å². The molecule has 2 heterocycles. The zero-order chi connectivity index (χ0) is 24.6. The average Bonchev–Trinajstić information content (AvgIpc) is 2.72. The summed E-state index contributed by atoms with van der Waals surface area (Å²) in [6.45, 7) is 22.7. The molecule has 7 heteroatoms. The smallest absolute Gasteiger partial charge is 0.0594 e. The first-order chi connectivity index (χ1) is 13.9. The van der Waals surface area contributed by atoms with Crippen molar-refractivity contribution in [1.29, 1.82) is 0 Å². The minimum absolute atomic E-state index is 0. The van der Waals surface area contributed by atoms with Crippen molar-refractivity contribution in [1.82, 2.24) is 9.80 Å². The molecule has 0 aromatic heterocycles. The second-order valence-electron chi connectivity index (χ2n) is 7.79. The van der Waals surface area contributed by atoms with Crippen LogP contribution in [0, 0.1) is 0 Å². The van der Waals surface area contributed by atoms with Gasteiger partial charge in [0.05, 0.1) is 13.2 Å². The third kappa shape index (κ3) is 48.9. The fraction of sp³-hybridized carbons (Fsp3) is 0.917. The highest BCUT2D eigenvalue weighted by atomic mass is 31.2. The van der Waals surface area contributed by atoms with Crippen LogP contribution >= 0.6 is 14.2 Å². The van der Waals surface area contributed by atoms with E-state index in [1.807, 2.05) is 54.4 Å². The van der Waals surface area contributed by atoms with Crippen LogP contribution < -0.4 is 0 Å². The summed E-state index contributed by atoms with van der Waals surface area (Å²) in [6, 6.07) is 0. The Bertz CT molecular complexity index is 360. The highest BCUT2D eigenvalue weighted by Crippen LogP contribution is 2.34. The van der Waals surface area contributed by atoms with Crippen LogP contribution in [-0.2, 0) is 13.8 Å². The zero-order valence-corrected chi connectivity index (χ0v) is 24.6. The van der Waals surface area contributed by atoms with Crippen molar-refractivity contribution in [2.45, 2.75) is 54.4 Å². The molecule has 0 atom stereocenters. The summed E-state index contributed by atoms with van der Waals surface area (Å²) in [4.78, 5) is 4.66. The molecule has 0 aliphatic carbocycles. The molecule has 2 aliphatic rings. The Kier molecular flexibility index (Phi) is 38.2. The molecule has 31 heavy (non-hydrogen) atoms. The first kappa shape index (κ1) is 41.6. The fourth-order valence-corrected chi connectivity index (χ4v) is 1.71. The van der Waals surface area contributed by atoms with Crippen molar-refractivity contribution in [3.63, 3.8) is 0 Å². The number of ether oxygens (including phenoxy) is 1. The quantitative estimate of drug-likeness (QED) is 0.429. The Morgan fingerprint density at radius 2 is 0.903 bits per heavy atom. The fourth-order valence-electron chi connectivity index (χ4n) is 1.71. The maximum absolute atomic E-state index is 5.10. The summed E-state index contributed by atoms with van der Waals surface area (Å²) in [5.74, 6) is 0. The Balaban J connectivity index is -0.0000000912. The number of rotatable bonds is 2. The summed E-state index contributed by atoms with van der Waals surface area (Å²) >= 11 is 0. The number of likely N-dealkylation sites (tertiary alicyclic amines) is 1. The Labute approximate surface area is 199 Å². The predicted molar refractivity (Wildman–Crippen MR) is 155 cm³/mol. The van der Waals surface area contributed by atoms with E-state index in [9.17, 15) is 0 Å². The van der Waals surface area contributed by atoms with Gasteiger partial charge in [-0.3, -0.25) is 0 Å². The van der Waals surface area contributed by atoms with Gasteiger partial charge >= 0.3 is 0 Å². The maximum Gasteiger partial charge on any atom is 0.0594 e. The number of nitrogens with zero attached hydrogens (tertiary/aromatic N) is 2. The van der Waals surface area contributed by atoms with Crippen molar-refractivity contribution in [3.05, 3.63) is 0 Å². The normalized spacial score (nSPS) is 16.4. The van der Waals surface area contributed by atoms with Crippen molar-refractivity contribution >= 4 is 26.8 Å². The van der Waals surface area contributed by atoms with Crippen LogP contribution in [0.4, 0.5) is 0 Å². The van der Waals surface area contributed by atoms with E-state index in [1.54, 1.807) is 14.2 Å². The number of morpholine rings is 1. The van der Waals surface area contributed by atoms with Gasteiger partial charge in [0.25, 0.3) is 0 Å². The van der Waals surface area contributed by atoms with E-state index in [0.717, 1.165) is 26.3 Å². The van der Waals surface area contributed by atoms with Crippen LogP contribution in [0.2, 0.25) is 0 Å². The van der Waals surface area contributed by atoms with Crippen LogP contribution in [0.15, 0.2) is 0 Å². The topological polar surface area (TPSA) is 34.2 Å². The van der Waals surface area contributed by atoms with Gasteiger partial charge in [0.15, 0.2) is 0 Å². The lowest BCUT2D eigenvalue weighted by Crippen LogP contribution is -2.32. The Hall–Kier alpha value is 0.400. The summed E-state index contributed by atoms with van der Waals surface area (Å²) in [5, 5.41) is 0. The highest BCUT2D eigenvalue weighted by molar-refractivity contribution is 7.67. The van der Waals surface area contributed by atoms with Gasteiger partial charge in [0.1, 0.15) is 0 Å². The predicted octanol–water partition coefficient (Wildman–Crippen LogP) is 6.25. The minimum atomic E-state index is -1.15. The van der Waals surface area contributed by atoms with Crippen molar-refractivity contribution < 1.29 is 13.8 Å². The molecule has 0 bridgehead atoms. The van der Waals surface area contributed by atoms with Gasteiger partial charge in [-0.25, -0.2) is 0 Å². The van der Waals surface area contributed by atoms with Gasteiger partial charge in [-0.05, 0) is 80.9 Å². The largest absolute Gasteiger partial charge is 0.379 e. The molecule has 2 rings (SSSR count). The van der Waals surface area contributed by atoms with Crippen LogP contribution in [0.1, 0.15) is 54.4 Å². The molecular formula is C24H62N2O3P2. The van der Waals surface area contributed by atoms with E-state index in [-0.39, 0.29) is 7.43 Å². The summed E-state index contributed by atoms with van der Waals surface area (Å²) < 4.78 is 15.0. The molecule has 0 saturated carbocycles. The standard InChI is InChI=1S/C6H13N.C5H11NO.2C4H11OP.2C2H6.CH4/c1-7-5-3-2-4-6-7;1-6-2-4-7-5-3-6;2*1-5-6(2,3)4;2*1-2;/h2-6H2,1H3;2-5H2,1H3;2*2H2,1,3-4H3;2*1-2H3;1H4. The van der Waals surface area contributed by atoms with Crippen LogP contribution in [0.3, 0.4) is 0 Å². The number of piperidine rings is 1. The van der Waals surface area contributed by atoms with Gasteiger partial charge in [-0.15, -0.1) is 0 Å². The monoisotopic (exact) mass is 488 g/mol. The molecule has 0 aromatic carbocycles. The third-order valence-corrected chi connectivity index (χ3v) is 5.78. The molecule has 0 aromatic rings. The summed E-state index contributed by atoms with van der Waals surface area (Å²) in [7, 11) is 5.40. The number of hydrogen-bond acceptors (Lipinski definition) is 5. The SMILES string of the molecule is C.C=P(C)(C)OC.C=P(C)(C)OC.CC.CC.CN1CCCCC1.CN1CCOCC1. The van der Waals surface area contributed by atoms with E-state index in [4.69, 9.17) is 13.8 Å². The van der Waals surface area contributed by atoms with Gasteiger partial charge in [0, 0.05) is 27.3 Å². The molecule has 0 N–H and O–H groups in total. The number of likely N-dealkylation sites (N-methyl/N-ethyl adjacent to an activating group) is 1. The van der Waals surface area contributed by atoms with Crippen molar-refractivity contribution in [3.8, 4) is 0 Å². The highest BCUT2D eigenvalue weighted by Gasteiger charge is 2.03. The summed E-state index contributed by atoms with van der Waals surface area (Å²) in [6.07, 6.45) is 11.8. The lowest BCUT2D eigenvalue weighted by molar-refractivity contribution is 0.0503. The zero-order valence-electron chi connectivity index (χ0n) is 22.8. The van der Waals surface area contributed by atoms with E-state index in [1.165, 1.54) is 32.4 Å². The molecule has 196 valence electrons. The van der Waals surface area contributed by atoms with E-state index >= 15 is 0 Å². The molecular weight excluding hydrogens is 426 g/mol. The molecule has 0 spiro atoms. The van der Waals surface area contributed by atoms with Gasteiger partial charge in [-0.2, -0.15) is 0 Å². The second-order valence-corrected chi connectivity index (χ2v) is 14.8. The van der Waals surface area contributed by atoms with Crippen LogP contribution in [0.5, 0.6) is 0 Å². The van der Waals surface area contributed by atoms with Crippen molar-refractivity contribution in [2.75, 3.05) is 94.4 Å². The van der Waals surface area contributed by atoms with Crippen molar-refractivity contribution in [2.24, 2.45) is 0 Å². The van der Waals surface area contributed by atoms with Gasteiger partial charge in [0.2, 0.25) is 0 Å². The molecule has 2 saturated heterocycles. The molecule has 5 nitrogen and oxygen atoms in total. The van der Waals surface area contributed by atoms with Crippen LogP contribution in [0.25, 0.3) is 0 Å². The Morgan fingerprint density at radius 3 is 1.03 bits per heavy atom. The first-order valence-electron chi connectivity index (χ1n) is 11.3. The molecule has 0 amide bonds. The van der Waals surface area contributed by atoms with E-state index in [0.29, 0.717) is 0 Å². The van der Waals surface area contributed by atoms with E-state index < -0.39 is 14.2 Å². The third-order valence-electron chi connectivity index (χ3n) is 3.80. The van der Waals surface area contributed by atoms with Crippen LogP contribution in [-0.4, -0.2) is 117 Å². The average molecular weight is 489 g/mol. The van der Waals surface area contributed by atoms with E-state index in [2.05, 4.69) is 36.5 Å². The summed E-state index contributed by atoms with van der Waals surface area (Å²) in [5.41, 5.74) is 0. The number of hydrogen-bond donors (Lipinski definition) is 0. The minimum Gasteiger partial charge on any atom is -0.379 e.